The van der Waals surface area contributed by atoms with Gasteiger partial charge in [-0.05, 0) is 43.0 Å². The summed E-state index contributed by atoms with van der Waals surface area (Å²) in [5.41, 5.74) is 1.31. The van der Waals surface area contributed by atoms with E-state index in [1.165, 1.54) is 23.4 Å². The van der Waals surface area contributed by atoms with Crippen molar-refractivity contribution in [2.75, 3.05) is 50.7 Å². The molecular weight excluding hydrogens is 342 g/mol. The molecule has 1 aromatic carbocycles. The van der Waals surface area contributed by atoms with E-state index < -0.39 is 0 Å². The molecular formula is C21H29N3OS. The Bertz CT molecular complexity index is 655. The van der Waals surface area contributed by atoms with Gasteiger partial charge in [0.05, 0.1) is 6.10 Å². The third-order valence-corrected chi connectivity index (χ3v) is 6.62. The van der Waals surface area contributed by atoms with Crippen molar-refractivity contribution in [1.82, 2.24) is 9.80 Å². The lowest BCUT2D eigenvalue weighted by molar-refractivity contribution is 0.0678. The number of thiophene rings is 1. The summed E-state index contributed by atoms with van der Waals surface area (Å²) >= 11 is 1.85. The van der Waals surface area contributed by atoms with E-state index in [4.69, 9.17) is 0 Å². The van der Waals surface area contributed by atoms with Crippen molar-refractivity contribution in [1.29, 1.82) is 0 Å². The molecule has 140 valence electrons. The van der Waals surface area contributed by atoms with Gasteiger partial charge in [0, 0.05) is 55.9 Å². The van der Waals surface area contributed by atoms with Crippen LogP contribution >= 0.6 is 11.3 Å². The van der Waals surface area contributed by atoms with E-state index in [1.807, 2.05) is 11.3 Å². The molecule has 0 aliphatic carbocycles. The first-order valence-electron chi connectivity index (χ1n) is 9.77. The molecule has 5 heteroatoms. The van der Waals surface area contributed by atoms with Gasteiger partial charge in [-0.15, -0.1) is 11.3 Å². The monoisotopic (exact) mass is 371 g/mol. The molecule has 1 N–H and O–H groups in total. The van der Waals surface area contributed by atoms with Crippen LogP contribution in [0.25, 0.3) is 0 Å². The first kappa shape index (κ1) is 18.0. The number of nitrogens with zero attached hydrogens (tertiary/aromatic N) is 3. The lowest BCUT2D eigenvalue weighted by Crippen LogP contribution is -2.50. The number of β-amino-alcohol motifs (C(OH)–C–C–N with tert-alkyl or cyclic N) is 1. The lowest BCUT2D eigenvalue weighted by Gasteiger charge is -2.37. The summed E-state index contributed by atoms with van der Waals surface area (Å²) in [6, 6.07) is 15.5. The lowest BCUT2D eigenvalue weighted by atomic mass is 10.1. The molecule has 4 rings (SSSR count). The number of hydrogen-bond acceptors (Lipinski definition) is 5. The van der Waals surface area contributed by atoms with Crippen LogP contribution in [0.3, 0.4) is 0 Å². The summed E-state index contributed by atoms with van der Waals surface area (Å²) in [4.78, 5) is 8.79. The number of aliphatic hydroxyl groups is 1. The van der Waals surface area contributed by atoms with Gasteiger partial charge >= 0.3 is 0 Å². The molecule has 3 heterocycles. The third-order valence-electron chi connectivity index (χ3n) is 5.64. The summed E-state index contributed by atoms with van der Waals surface area (Å²) in [6.45, 7) is 6.83. The van der Waals surface area contributed by atoms with Gasteiger partial charge in [-0.1, -0.05) is 24.3 Å². The van der Waals surface area contributed by atoms with Gasteiger partial charge in [-0.3, -0.25) is 9.80 Å². The average Bonchev–Trinajstić information content (AvgIpc) is 3.34. The second-order valence-electron chi connectivity index (χ2n) is 7.45. The van der Waals surface area contributed by atoms with E-state index in [1.54, 1.807) is 0 Å². The predicted molar refractivity (Wildman–Crippen MR) is 109 cm³/mol. The van der Waals surface area contributed by atoms with Crippen LogP contribution in [-0.2, 0) is 0 Å². The number of piperazine rings is 1. The maximum atomic E-state index is 10.7. The van der Waals surface area contributed by atoms with Crippen LogP contribution in [0.2, 0.25) is 0 Å². The van der Waals surface area contributed by atoms with Crippen molar-refractivity contribution in [3.8, 4) is 0 Å². The van der Waals surface area contributed by atoms with Crippen molar-refractivity contribution >= 4 is 17.0 Å². The summed E-state index contributed by atoms with van der Waals surface area (Å²) in [5.74, 6) is 0. The first-order chi connectivity index (χ1) is 12.8. The zero-order chi connectivity index (χ0) is 17.8. The van der Waals surface area contributed by atoms with E-state index in [2.05, 4.69) is 62.5 Å². The van der Waals surface area contributed by atoms with Crippen LogP contribution < -0.4 is 4.90 Å². The zero-order valence-electron chi connectivity index (χ0n) is 15.3. The van der Waals surface area contributed by atoms with E-state index in [9.17, 15) is 5.11 Å². The maximum absolute atomic E-state index is 10.7. The second kappa shape index (κ2) is 8.53. The molecule has 2 saturated heterocycles. The molecule has 0 radical (unpaired) electrons. The normalized spacial score (nSPS) is 23.4. The molecule has 4 nitrogen and oxygen atoms in total. The Balaban J connectivity index is 1.25. The number of benzene rings is 1. The highest BCUT2D eigenvalue weighted by atomic mass is 32.1. The van der Waals surface area contributed by atoms with Gasteiger partial charge < -0.3 is 10.0 Å². The molecule has 1 aromatic heterocycles. The van der Waals surface area contributed by atoms with Crippen molar-refractivity contribution < 1.29 is 5.11 Å². The number of para-hydroxylation sites is 1. The highest BCUT2D eigenvalue weighted by Crippen LogP contribution is 2.34. The standard InChI is InChI=1S/C21H29N3OS/c25-19(17-24-10-4-8-20(24)21-9-5-15-26-21)16-22-11-13-23(14-12-22)18-6-2-1-3-7-18/h1-3,5-7,9,15,19-20,25H,4,8,10-14,16-17H2. The molecule has 0 amide bonds. The molecule has 2 aliphatic rings. The van der Waals surface area contributed by atoms with Crippen LogP contribution in [0.1, 0.15) is 23.8 Å². The molecule has 2 aliphatic heterocycles. The van der Waals surface area contributed by atoms with Crippen molar-refractivity contribution in [3.05, 3.63) is 52.7 Å². The second-order valence-corrected chi connectivity index (χ2v) is 8.42. The molecule has 0 bridgehead atoms. The largest absolute Gasteiger partial charge is 0.390 e. The topological polar surface area (TPSA) is 30.0 Å². The highest BCUT2D eigenvalue weighted by molar-refractivity contribution is 7.10. The van der Waals surface area contributed by atoms with Crippen LogP contribution in [0.5, 0.6) is 0 Å². The van der Waals surface area contributed by atoms with Gasteiger partial charge in [-0.2, -0.15) is 0 Å². The van der Waals surface area contributed by atoms with E-state index in [0.717, 1.165) is 45.8 Å². The first-order valence-corrected chi connectivity index (χ1v) is 10.7. The van der Waals surface area contributed by atoms with E-state index in [0.29, 0.717) is 6.04 Å². The van der Waals surface area contributed by atoms with Crippen LogP contribution in [0.15, 0.2) is 47.8 Å². The number of hydrogen-bond donors (Lipinski definition) is 1. The number of likely N-dealkylation sites (tertiary alicyclic amines) is 1. The minimum Gasteiger partial charge on any atom is -0.390 e. The van der Waals surface area contributed by atoms with Gasteiger partial charge in [0.2, 0.25) is 0 Å². The molecule has 2 aromatic rings. The summed E-state index contributed by atoms with van der Waals surface area (Å²) in [7, 11) is 0. The molecule has 2 fully saturated rings. The van der Waals surface area contributed by atoms with Gasteiger partial charge in [-0.25, -0.2) is 0 Å². The Hall–Kier alpha value is -1.40. The summed E-state index contributed by atoms with van der Waals surface area (Å²) < 4.78 is 0. The van der Waals surface area contributed by atoms with Crippen molar-refractivity contribution in [3.63, 3.8) is 0 Å². The molecule has 2 atom stereocenters. The van der Waals surface area contributed by atoms with Crippen LogP contribution in [0.4, 0.5) is 5.69 Å². The molecule has 0 spiro atoms. The quantitative estimate of drug-likeness (QED) is 0.845. The SMILES string of the molecule is OC(CN1CCN(c2ccccc2)CC1)CN1CCCC1c1cccs1. The van der Waals surface area contributed by atoms with Gasteiger partial charge in [0.15, 0.2) is 0 Å². The fourth-order valence-corrected chi connectivity index (χ4v) is 5.20. The Morgan fingerprint density at radius 3 is 2.50 bits per heavy atom. The van der Waals surface area contributed by atoms with Crippen molar-refractivity contribution in [2.24, 2.45) is 0 Å². The third kappa shape index (κ3) is 4.29. The highest BCUT2D eigenvalue weighted by Gasteiger charge is 2.29. The Morgan fingerprint density at radius 1 is 0.962 bits per heavy atom. The maximum Gasteiger partial charge on any atom is 0.0794 e. The predicted octanol–water partition coefficient (Wildman–Crippen LogP) is 3.07. The smallest absolute Gasteiger partial charge is 0.0794 e. The Kier molecular flexibility index (Phi) is 5.90. The fraction of sp³-hybridized carbons (Fsp3) is 0.524. The molecule has 26 heavy (non-hydrogen) atoms. The number of anilines is 1. The van der Waals surface area contributed by atoms with Crippen molar-refractivity contribution in [2.45, 2.75) is 25.0 Å². The number of aliphatic hydroxyl groups excluding tert-OH is 1. The van der Waals surface area contributed by atoms with Gasteiger partial charge in [0.1, 0.15) is 0 Å². The number of rotatable bonds is 6. The average molecular weight is 372 g/mol. The van der Waals surface area contributed by atoms with E-state index in [-0.39, 0.29) is 6.10 Å². The molecule has 2 unspecified atom stereocenters. The summed E-state index contributed by atoms with van der Waals surface area (Å²) in [6.07, 6.45) is 2.20. The fourth-order valence-electron chi connectivity index (χ4n) is 4.30. The Labute approximate surface area is 160 Å². The Morgan fingerprint density at radius 2 is 1.77 bits per heavy atom. The zero-order valence-corrected chi connectivity index (χ0v) is 16.2. The minimum atomic E-state index is -0.265. The minimum absolute atomic E-state index is 0.265. The molecule has 0 saturated carbocycles. The van der Waals surface area contributed by atoms with E-state index >= 15 is 0 Å². The van der Waals surface area contributed by atoms with Crippen LogP contribution in [-0.4, -0.2) is 66.8 Å². The summed E-state index contributed by atoms with van der Waals surface area (Å²) in [5, 5.41) is 12.8. The van der Waals surface area contributed by atoms with Gasteiger partial charge in [0.25, 0.3) is 0 Å². The van der Waals surface area contributed by atoms with Crippen LogP contribution in [0, 0.1) is 0 Å².